The van der Waals surface area contributed by atoms with Crippen LogP contribution in [0.1, 0.15) is 11.1 Å². The number of nitrogens with one attached hydrogen (secondary N) is 1. The zero-order valence-electron chi connectivity index (χ0n) is 15.7. The van der Waals surface area contributed by atoms with E-state index in [0.717, 1.165) is 4.90 Å². The molecule has 6 nitrogen and oxygen atoms in total. The Morgan fingerprint density at radius 3 is 2.67 bits per heavy atom. The van der Waals surface area contributed by atoms with Gasteiger partial charge in [0.15, 0.2) is 0 Å². The van der Waals surface area contributed by atoms with Gasteiger partial charge < -0.3 is 4.74 Å². The summed E-state index contributed by atoms with van der Waals surface area (Å²) < 4.78 is 7.00. The second-order valence-corrected chi connectivity index (χ2v) is 8.42. The van der Waals surface area contributed by atoms with Crippen molar-refractivity contribution in [3.05, 3.63) is 73.7 Å². The molecule has 0 aromatic heterocycles. The van der Waals surface area contributed by atoms with E-state index in [9.17, 15) is 14.4 Å². The molecule has 0 spiro atoms. The van der Waals surface area contributed by atoms with Crippen LogP contribution in [0.15, 0.2) is 57.5 Å². The molecular formula is C21H15Br2ClN2O4. The highest BCUT2D eigenvalue weighted by Gasteiger charge is 2.37. The fraction of sp³-hybridized carbons (Fsp3) is 0.0952. The van der Waals surface area contributed by atoms with Gasteiger partial charge in [0, 0.05) is 15.1 Å². The minimum absolute atomic E-state index is 0.220. The predicted molar refractivity (Wildman–Crippen MR) is 123 cm³/mol. The third-order valence-corrected chi connectivity index (χ3v) is 5.72. The van der Waals surface area contributed by atoms with Crippen molar-refractivity contribution >= 4 is 73.1 Å². The van der Waals surface area contributed by atoms with E-state index in [-0.39, 0.29) is 12.2 Å². The summed E-state index contributed by atoms with van der Waals surface area (Å²) in [7, 11) is 0. The van der Waals surface area contributed by atoms with E-state index in [1.54, 1.807) is 43.3 Å². The lowest BCUT2D eigenvalue weighted by Gasteiger charge is -2.28. The number of urea groups is 1. The van der Waals surface area contributed by atoms with E-state index in [4.69, 9.17) is 16.3 Å². The number of anilines is 1. The molecule has 1 aliphatic rings. The average Bonchev–Trinajstić information content (AvgIpc) is 2.67. The molecule has 0 atom stereocenters. The number of carbonyl (C=O) groups is 3. The number of carbonyl (C=O) groups excluding carboxylic acids is 3. The van der Waals surface area contributed by atoms with Crippen molar-refractivity contribution in [2.45, 2.75) is 6.92 Å². The Balaban J connectivity index is 2.12. The molecule has 1 aliphatic heterocycles. The van der Waals surface area contributed by atoms with Gasteiger partial charge in [0.25, 0.3) is 11.8 Å². The SMILES string of the molecule is C=CCOc1c(Br)cc(Br)cc1/C=C1\C(=O)NC(=O)N(c2cccc(Cl)c2C)C1=O. The summed E-state index contributed by atoms with van der Waals surface area (Å²) in [5.41, 5.74) is 1.08. The van der Waals surface area contributed by atoms with E-state index in [1.165, 1.54) is 6.08 Å². The molecule has 0 bridgehead atoms. The summed E-state index contributed by atoms with van der Waals surface area (Å²) >= 11 is 12.9. The maximum Gasteiger partial charge on any atom is 0.335 e. The molecular weight excluding hydrogens is 540 g/mol. The van der Waals surface area contributed by atoms with Crippen LogP contribution in [0, 0.1) is 6.92 Å². The lowest BCUT2D eigenvalue weighted by molar-refractivity contribution is -0.122. The number of amides is 4. The van der Waals surface area contributed by atoms with Crippen LogP contribution >= 0.6 is 43.5 Å². The third-order valence-electron chi connectivity index (χ3n) is 4.26. The molecule has 2 aromatic rings. The lowest BCUT2D eigenvalue weighted by Crippen LogP contribution is -2.54. The Labute approximate surface area is 194 Å². The molecule has 154 valence electrons. The number of halogens is 3. The third kappa shape index (κ3) is 4.35. The molecule has 0 aliphatic carbocycles. The van der Waals surface area contributed by atoms with Crippen LogP contribution in [0.5, 0.6) is 5.75 Å². The van der Waals surface area contributed by atoms with Crippen LogP contribution in [0.4, 0.5) is 10.5 Å². The summed E-state index contributed by atoms with van der Waals surface area (Å²) in [6.45, 7) is 5.53. The Morgan fingerprint density at radius 1 is 1.23 bits per heavy atom. The highest BCUT2D eigenvalue weighted by molar-refractivity contribution is 9.11. The van der Waals surface area contributed by atoms with Crippen molar-refractivity contribution < 1.29 is 19.1 Å². The van der Waals surface area contributed by atoms with Crippen LogP contribution in [-0.4, -0.2) is 24.5 Å². The molecule has 1 heterocycles. The van der Waals surface area contributed by atoms with Gasteiger partial charge in [-0.2, -0.15) is 0 Å². The van der Waals surface area contributed by atoms with Crippen LogP contribution in [-0.2, 0) is 9.59 Å². The number of barbiturate groups is 1. The van der Waals surface area contributed by atoms with E-state index in [0.29, 0.717) is 36.5 Å². The van der Waals surface area contributed by atoms with E-state index >= 15 is 0 Å². The van der Waals surface area contributed by atoms with Gasteiger partial charge in [-0.15, -0.1) is 0 Å². The second-order valence-electron chi connectivity index (χ2n) is 6.25. The number of ether oxygens (including phenoxy) is 1. The highest BCUT2D eigenvalue weighted by Crippen LogP contribution is 2.35. The fourth-order valence-electron chi connectivity index (χ4n) is 2.85. The topological polar surface area (TPSA) is 75.7 Å². The van der Waals surface area contributed by atoms with Gasteiger partial charge in [0.05, 0.1) is 10.2 Å². The molecule has 0 radical (unpaired) electrons. The van der Waals surface area contributed by atoms with Crippen LogP contribution in [0.25, 0.3) is 6.08 Å². The number of hydrogen-bond donors (Lipinski definition) is 1. The second kappa shape index (κ2) is 9.16. The van der Waals surface area contributed by atoms with E-state index < -0.39 is 17.8 Å². The molecule has 9 heteroatoms. The predicted octanol–water partition coefficient (Wildman–Crippen LogP) is 5.40. The average molecular weight is 555 g/mol. The largest absolute Gasteiger partial charge is 0.488 e. The Morgan fingerprint density at radius 2 is 1.97 bits per heavy atom. The molecule has 1 N–H and O–H groups in total. The first-order valence-corrected chi connectivity index (χ1v) is 10.6. The Bertz CT molecular complexity index is 1110. The van der Waals surface area contributed by atoms with Gasteiger partial charge in [0.2, 0.25) is 0 Å². The normalized spacial score (nSPS) is 15.4. The van der Waals surface area contributed by atoms with E-state index in [2.05, 4.69) is 43.8 Å². The van der Waals surface area contributed by atoms with Crippen molar-refractivity contribution in [3.63, 3.8) is 0 Å². The van der Waals surface area contributed by atoms with E-state index in [1.807, 2.05) is 0 Å². The van der Waals surface area contributed by atoms with Crippen molar-refractivity contribution in [1.29, 1.82) is 0 Å². The van der Waals surface area contributed by atoms with Crippen LogP contribution in [0.2, 0.25) is 5.02 Å². The smallest absolute Gasteiger partial charge is 0.335 e. The molecule has 1 fully saturated rings. The summed E-state index contributed by atoms with van der Waals surface area (Å²) in [6, 6.07) is 7.48. The van der Waals surface area contributed by atoms with Gasteiger partial charge in [-0.1, -0.05) is 46.3 Å². The van der Waals surface area contributed by atoms with Crippen molar-refractivity contribution in [2.75, 3.05) is 11.5 Å². The molecule has 0 saturated carbocycles. The Hall–Kier alpha value is -2.42. The standard InChI is InChI=1S/C21H15Br2ClN2O4/c1-3-7-30-18-12(8-13(22)10-15(18)23)9-14-19(27)25-21(29)26(20(14)28)17-6-4-5-16(24)11(17)2/h3-6,8-10H,1,7H2,2H3,(H,25,27,29)/b14-9+. The monoisotopic (exact) mass is 552 g/mol. The van der Waals surface area contributed by atoms with Crippen LogP contribution < -0.4 is 15.0 Å². The van der Waals surface area contributed by atoms with Gasteiger partial charge in [0.1, 0.15) is 17.9 Å². The first-order chi connectivity index (χ1) is 14.2. The minimum atomic E-state index is -0.842. The summed E-state index contributed by atoms with van der Waals surface area (Å²) in [5, 5.41) is 2.60. The lowest BCUT2D eigenvalue weighted by atomic mass is 10.0. The maximum atomic E-state index is 13.2. The van der Waals surface area contributed by atoms with Gasteiger partial charge >= 0.3 is 6.03 Å². The first kappa shape index (κ1) is 22.3. The molecule has 1 saturated heterocycles. The summed E-state index contributed by atoms with van der Waals surface area (Å²) in [6.07, 6.45) is 2.96. The van der Waals surface area contributed by atoms with Crippen LogP contribution in [0.3, 0.4) is 0 Å². The highest BCUT2D eigenvalue weighted by atomic mass is 79.9. The first-order valence-electron chi connectivity index (χ1n) is 8.64. The number of benzene rings is 2. The van der Waals surface area contributed by atoms with Crippen molar-refractivity contribution in [2.24, 2.45) is 0 Å². The number of hydrogen-bond acceptors (Lipinski definition) is 4. The fourth-order valence-corrected chi connectivity index (χ4v) is 4.39. The molecule has 3 rings (SSSR count). The molecule has 30 heavy (non-hydrogen) atoms. The Kier molecular flexibility index (Phi) is 6.80. The van der Waals surface area contributed by atoms with Crippen molar-refractivity contribution in [3.8, 4) is 5.75 Å². The minimum Gasteiger partial charge on any atom is -0.488 e. The zero-order valence-corrected chi connectivity index (χ0v) is 19.6. The maximum absolute atomic E-state index is 13.2. The molecule has 0 unspecified atom stereocenters. The quantitative estimate of drug-likeness (QED) is 0.305. The molecule has 4 amide bonds. The number of imide groups is 2. The summed E-state index contributed by atoms with van der Waals surface area (Å²) in [4.78, 5) is 39.0. The van der Waals surface area contributed by atoms with Crippen molar-refractivity contribution in [1.82, 2.24) is 5.32 Å². The zero-order chi connectivity index (χ0) is 22.0. The molecule has 2 aromatic carbocycles. The number of nitrogens with zero attached hydrogens (tertiary/aromatic N) is 1. The summed E-state index contributed by atoms with van der Waals surface area (Å²) in [5.74, 6) is -1.14. The number of rotatable bonds is 5. The van der Waals surface area contributed by atoms with Gasteiger partial charge in [-0.25, -0.2) is 9.69 Å². The van der Waals surface area contributed by atoms with Gasteiger partial charge in [-0.3, -0.25) is 14.9 Å². The van der Waals surface area contributed by atoms with Gasteiger partial charge in [-0.05, 0) is 58.8 Å².